The molecule has 2 aromatic heterocycles. The van der Waals surface area contributed by atoms with Gasteiger partial charge in [-0.2, -0.15) is 0 Å². The van der Waals surface area contributed by atoms with Crippen molar-refractivity contribution in [1.82, 2.24) is 9.97 Å². The fourth-order valence-corrected chi connectivity index (χ4v) is 10.5. The maximum atomic E-state index is 6.25. The summed E-state index contributed by atoms with van der Waals surface area (Å²) >= 11 is 0. The van der Waals surface area contributed by atoms with Crippen LogP contribution in [0.3, 0.4) is 0 Å². The molecule has 0 bridgehead atoms. The van der Waals surface area contributed by atoms with E-state index in [0.717, 1.165) is 61.1 Å². The molecule has 0 atom stereocenters. The molecule has 9 aromatic carbocycles. The van der Waals surface area contributed by atoms with E-state index in [1.54, 1.807) is 0 Å². The third-order valence-electron chi connectivity index (χ3n) is 13.2. The van der Waals surface area contributed by atoms with Gasteiger partial charge in [-0.05, 0) is 103 Å². The largest absolute Gasteiger partial charge is 0.456 e. The molecule has 62 heavy (non-hydrogen) atoms. The highest BCUT2D eigenvalue weighted by Crippen LogP contribution is 2.61. The average molecular weight is 789 g/mol. The molecule has 3 heteroatoms. The van der Waals surface area contributed by atoms with Crippen LogP contribution in [0.15, 0.2) is 223 Å². The molecule has 13 rings (SSSR count). The summed E-state index contributed by atoms with van der Waals surface area (Å²) in [5, 5.41) is 2.12. The van der Waals surface area contributed by atoms with Gasteiger partial charge in [0.05, 0.1) is 16.8 Å². The van der Waals surface area contributed by atoms with Crippen LogP contribution in [0.1, 0.15) is 22.3 Å². The highest BCUT2D eigenvalue weighted by molar-refractivity contribution is 6.06. The predicted molar refractivity (Wildman–Crippen MR) is 253 cm³/mol. The Labute approximate surface area is 359 Å². The number of para-hydroxylation sites is 1. The van der Waals surface area contributed by atoms with Crippen LogP contribution in [0.2, 0.25) is 0 Å². The molecule has 0 amide bonds. The lowest BCUT2D eigenvalue weighted by molar-refractivity contribution is 0.669. The Balaban J connectivity index is 1.09. The molecular weight excluding hydrogens is 753 g/mol. The lowest BCUT2D eigenvalue weighted by Gasteiger charge is -2.35. The van der Waals surface area contributed by atoms with Crippen molar-refractivity contribution in [3.05, 3.63) is 241 Å². The van der Waals surface area contributed by atoms with E-state index in [2.05, 4.69) is 200 Å². The van der Waals surface area contributed by atoms with E-state index < -0.39 is 5.41 Å². The molecule has 288 valence electrons. The van der Waals surface area contributed by atoms with Crippen LogP contribution in [0.25, 0.3) is 100 Å². The molecule has 0 radical (unpaired) electrons. The van der Waals surface area contributed by atoms with Gasteiger partial charge in [-0.1, -0.05) is 182 Å². The summed E-state index contributed by atoms with van der Waals surface area (Å²) in [6, 6.07) is 78.8. The molecule has 11 aromatic rings. The minimum Gasteiger partial charge on any atom is -0.456 e. The molecule has 0 saturated carbocycles. The summed E-state index contributed by atoms with van der Waals surface area (Å²) in [6.45, 7) is 0. The maximum absolute atomic E-state index is 6.25. The lowest BCUT2D eigenvalue weighted by Crippen LogP contribution is -2.29. The van der Waals surface area contributed by atoms with E-state index in [1.807, 2.05) is 18.2 Å². The number of hydrogen-bond donors (Lipinski definition) is 0. The van der Waals surface area contributed by atoms with Gasteiger partial charge in [-0.15, -0.1) is 0 Å². The zero-order chi connectivity index (χ0) is 40.8. The molecule has 0 saturated heterocycles. The monoisotopic (exact) mass is 788 g/mol. The first kappa shape index (κ1) is 34.7. The Morgan fingerprint density at radius 1 is 0.290 bits per heavy atom. The normalized spacial score (nSPS) is 13.0. The van der Waals surface area contributed by atoms with Crippen LogP contribution < -0.4 is 0 Å². The van der Waals surface area contributed by atoms with Crippen molar-refractivity contribution in [1.29, 1.82) is 0 Å². The van der Waals surface area contributed by atoms with E-state index >= 15 is 0 Å². The highest BCUT2D eigenvalue weighted by atomic mass is 16.3. The highest BCUT2D eigenvalue weighted by Gasteiger charge is 2.49. The Bertz CT molecular complexity index is 3550. The topological polar surface area (TPSA) is 38.9 Å². The van der Waals surface area contributed by atoms with Crippen LogP contribution in [0.5, 0.6) is 0 Å². The maximum Gasteiger partial charge on any atom is 0.160 e. The third kappa shape index (κ3) is 5.00. The molecule has 2 aliphatic rings. The van der Waals surface area contributed by atoms with Gasteiger partial charge in [0.15, 0.2) is 5.82 Å². The second kappa shape index (κ2) is 13.4. The number of benzene rings is 9. The summed E-state index contributed by atoms with van der Waals surface area (Å²) in [5.41, 5.74) is 20.7. The van der Waals surface area contributed by atoms with Gasteiger partial charge in [0.1, 0.15) is 11.2 Å². The standard InChI is InChI=1S/C59H36N2O/c1-2-16-37(17-3-1)40-18-4-7-24-46(40)55-36-54(60-58(61-55)39-31-33-57-49(35-39)47-25-11-15-29-56(47)62-57)38-30-32-53-48(34-38)42-20-6-5-19-41(42)43-21-8-12-26-50(43)59(53)51-27-13-9-22-44(51)45-23-10-14-28-52(45)59/h1-36H. The molecule has 3 nitrogen and oxygen atoms in total. The smallest absolute Gasteiger partial charge is 0.160 e. The quantitative estimate of drug-likeness (QED) is 0.178. The lowest BCUT2D eigenvalue weighted by atomic mass is 9.66. The van der Waals surface area contributed by atoms with E-state index in [0.29, 0.717) is 5.82 Å². The van der Waals surface area contributed by atoms with Crippen molar-refractivity contribution >= 4 is 21.9 Å². The van der Waals surface area contributed by atoms with Crippen LogP contribution in [-0.2, 0) is 5.41 Å². The second-order valence-corrected chi connectivity index (χ2v) is 16.4. The molecule has 2 aliphatic carbocycles. The molecular formula is C59H36N2O. The minimum atomic E-state index is -0.546. The number of fused-ring (bicyclic) bond motifs is 15. The predicted octanol–water partition coefficient (Wildman–Crippen LogP) is 15.1. The Morgan fingerprint density at radius 3 is 1.50 bits per heavy atom. The van der Waals surface area contributed by atoms with Gasteiger partial charge in [0.2, 0.25) is 0 Å². The Kier molecular flexibility index (Phi) is 7.52. The fourth-order valence-electron chi connectivity index (χ4n) is 10.5. The van der Waals surface area contributed by atoms with E-state index in [1.165, 1.54) is 55.6 Å². The number of rotatable bonds is 4. The van der Waals surface area contributed by atoms with Crippen molar-refractivity contribution in [2.75, 3.05) is 0 Å². The molecule has 0 fully saturated rings. The number of aromatic nitrogens is 2. The number of furan rings is 1. The molecule has 0 unspecified atom stereocenters. The summed E-state index contributed by atoms with van der Waals surface area (Å²) < 4.78 is 6.25. The summed E-state index contributed by atoms with van der Waals surface area (Å²) in [6.07, 6.45) is 0. The minimum absolute atomic E-state index is 0.546. The van der Waals surface area contributed by atoms with Gasteiger partial charge in [0.25, 0.3) is 0 Å². The first-order valence-corrected chi connectivity index (χ1v) is 21.2. The van der Waals surface area contributed by atoms with E-state index in [-0.39, 0.29) is 0 Å². The fraction of sp³-hybridized carbons (Fsp3) is 0.0169. The zero-order valence-electron chi connectivity index (χ0n) is 33.6. The first-order valence-electron chi connectivity index (χ1n) is 21.2. The van der Waals surface area contributed by atoms with Crippen molar-refractivity contribution in [2.45, 2.75) is 5.41 Å². The van der Waals surface area contributed by atoms with E-state index in [9.17, 15) is 0 Å². The van der Waals surface area contributed by atoms with Gasteiger partial charge in [-0.25, -0.2) is 9.97 Å². The van der Waals surface area contributed by atoms with Crippen molar-refractivity contribution < 1.29 is 4.42 Å². The van der Waals surface area contributed by atoms with Gasteiger partial charge >= 0.3 is 0 Å². The van der Waals surface area contributed by atoms with E-state index in [4.69, 9.17) is 14.4 Å². The van der Waals surface area contributed by atoms with Crippen LogP contribution in [0.4, 0.5) is 0 Å². The summed E-state index contributed by atoms with van der Waals surface area (Å²) in [7, 11) is 0. The number of hydrogen-bond acceptors (Lipinski definition) is 3. The van der Waals surface area contributed by atoms with Crippen molar-refractivity contribution in [3.63, 3.8) is 0 Å². The van der Waals surface area contributed by atoms with Crippen LogP contribution >= 0.6 is 0 Å². The summed E-state index contributed by atoms with van der Waals surface area (Å²) in [4.78, 5) is 10.8. The summed E-state index contributed by atoms with van der Waals surface area (Å²) in [5.74, 6) is 0.658. The molecule has 2 heterocycles. The third-order valence-corrected chi connectivity index (χ3v) is 13.2. The molecule has 0 N–H and O–H groups in total. The van der Waals surface area contributed by atoms with Gasteiger partial charge in [0, 0.05) is 27.5 Å². The zero-order valence-corrected chi connectivity index (χ0v) is 33.6. The van der Waals surface area contributed by atoms with Gasteiger partial charge in [-0.3, -0.25) is 0 Å². The Hall–Kier alpha value is -8.14. The second-order valence-electron chi connectivity index (χ2n) is 16.4. The van der Waals surface area contributed by atoms with Crippen LogP contribution in [-0.4, -0.2) is 9.97 Å². The van der Waals surface area contributed by atoms with Crippen molar-refractivity contribution in [3.8, 4) is 78.4 Å². The average Bonchev–Trinajstić information content (AvgIpc) is 3.84. The SMILES string of the molecule is c1ccc(-c2ccccc2-c2cc(-c3ccc4c(c3)-c3ccccc3-c3ccccc3C43c4ccccc4-c4ccccc43)nc(-c3ccc4oc5ccccc5c4c3)n2)cc1. The first-order chi connectivity index (χ1) is 30.7. The number of nitrogens with zero attached hydrogens (tertiary/aromatic N) is 2. The van der Waals surface area contributed by atoms with Crippen LogP contribution in [0, 0.1) is 0 Å². The molecule has 0 aliphatic heterocycles. The molecule has 1 spiro atoms. The van der Waals surface area contributed by atoms with Gasteiger partial charge < -0.3 is 4.42 Å². The van der Waals surface area contributed by atoms with Crippen molar-refractivity contribution in [2.24, 2.45) is 0 Å². The Morgan fingerprint density at radius 2 is 0.790 bits per heavy atom.